The fraction of sp³-hybridized carbons (Fsp3) is 0.200. The van der Waals surface area contributed by atoms with E-state index < -0.39 is 0 Å². The number of benzene rings is 3. The standard InChI is InChI=1S/C20H18BrNO2/c21-22-8-7-16-11-19(23)20(24)12-17(16)18(22)10-13-5-6-14-3-1-2-4-15(14)9-13/h1-6,9,11-12,18,23-24H,7-8,10H2/t18-/m0/s1. The molecule has 24 heavy (non-hydrogen) atoms. The molecule has 0 bridgehead atoms. The van der Waals surface area contributed by atoms with Crippen molar-refractivity contribution in [3.63, 3.8) is 0 Å². The van der Waals surface area contributed by atoms with E-state index in [-0.39, 0.29) is 17.5 Å². The van der Waals surface area contributed by atoms with E-state index >= 15 is 0 Å². The molecule has 4 rings (SSSR count). The SMILES string of the molecule is Oc1cc2c(cc1O)[C@H](Cc1ccc3ccccc3c1)N(Br)CC2. The highest BCUT2D eigenvalue weighted by Gasteiger charge is 2.27. The van der Waals surface area contributed by atoms with Crippen molar-refractivity contribution in [1.29, 1.82) is 0 Å². The van der Waals surface area contributed by atoms with Gasteiger partial charge in [-0.3, -0.25) is 0 Å². The second kappa shape index (κ2) is 6.11. The van der Waals surface area contributed by atoms with Crippen molar-refractivity contribution >= 4 is 26.9 Å². The van der Waals surface area contributed by atoms with Crippen molar-refractivity contribution in [2.45, 2.75) is 18.9 Å². The Morgan fingerprint density at radius 3 is 2.54 bits per heavy atom. The summed E-state index contributed by atoms with van der Waals surface area (Å²) in [6.45, 7) is 0.870. The molecule has 0 aliphatic carbocycles. The van der Waals surface area contributed by atoms with Crippen LogP contribution in [-0.2, 0) is 12.8 Å². The minimum Gasteiger partial charge on any atom is -0.504 e. The van der Waals surface area contributed by atoms with E-state index in [4.69, 9.17) is 0 Å². The van der Waals surface area contributed by atoms with E-state index in [0.29, 0.717) is 0 Å². The summed E-state index contributed by atoms with van der Waals surface area (Å²) >= 11 is 3.66. The number of hydrogen-bond donors (Lipinski definition) is 2. The molecule has 3 aromatic rings. The smallest absolute Gasteiger partial charge is 0.157 e. The van der Waals surface area contributed by atoms with Crippen molar-refractivity contribution < 1.29 is 10.2 Å². The molecule has 2 N–H and O–H groups in total. The molecular formula is C20H18BrNO2. The van der Waals surface area contributed by atoms with Gasteiger partial charge in [0.2, 0.25) is 0 Å². The summed E-state index contributed by atoms with van der Waals surface area (Å²) in [4.78, 5) is 0. The average molecular weight is 384 g/mol. The summed E-state index contributed by atoms with van der Waals surface area (Å²) in [5, 5.41) is 22.1. The molecule has 1 aliphatic heterocycles. The van der Waals surface area contributed by atoms with Gasteiger partial charge in [-0.2, -0.15) is 0 Å². The lowest BCUT2D eigenvalue weighted by Gasteiger charge is -2.33. The molecule has 0 saturated carbocycles. The highest BCUT2D eigenvalue weighted by molar-refractivity contribution is 9.07. The van der Waals surface area contributed by atoms with Gasteiger partial charge >= 0.3 is 0 Å². The maximum atomic E-state index is 9.90. The Hall–Kier alpha value is -2.04. The fourth-order valence-electron chi connectivity index (χ4n) is 3.49. The molecule has 1 atom stereocenters. The molecule has 0 amide bonds. The normalized spacial score (nSPS) is 17.8. The monoisotopic (exact) mass is 383 g/mol. The second-order valence-corrected chi connectivity index (χ2v) is 7.23. The summed E-state index contributed by atoms with van der Waals surface area (Å²) in [5.41, 5.74) is 3.43. The predicted octanol–water partition coefficient (Wildman–Crippen LogP) is 4.70. The van der Waals surface area contributed by atoms with Gasteiger partial charge in [-0.15, -0.1) is 0 Å². The number of halogens is 1. The van der Waals surface area contributed by atoms with Gasteiger partial charge in [0.25, 0.3) is 0 Å². The lowest BCUT2D eigenvalue weighted by atomic mass is 9.89. The van der Waals surface area contributed by atoms with Gasteiger partial charge in [-0.1, -0.05) is 42.5 Å². The van der Waals surface area contributed by atoms with Crippen LogP contribution in [0.3, 0.4) is 0 Å². The number of phenolic OH excluding ortho intramolecular Hbond substituents is 2. The minimum absolute atomic E-state index is 0.0405. The molecule has 0 radical (unpaired) electrons. The Morgan fingerprint density at radius 2 is 1.71 bits per heavy atom. The van der Waals surface area contributed by atoms with Crippen molar-refractivity contribution in [2.24, 2.45) is 0 Å². The highest BCUT2D eigenvalue weighted by atomic mass is 79.9. The summed E-state index contributed by atoms with van der Waals surface area (Å²) in [7, 11) is 0. The van der Waals surface area contributed by atoms with Crippen molar-refractivity contribution in [3.8, 4) is 11.5 Å². The molecule has 0 aromatic heterocycles. The van der Waals surface area contributed by atoms with Gasteiger partial charge in [0, 0.05) is 28.7 Å². The fourth-order valence-corrected chi connectivity index (χ4v) is 4.04. The zero-order valence-corrected chi connectivity index (χ0v) is 14.7. The first-order chi connectivity index (χ1) is 11.6. The van der Waals surface area contributed by atoms with Crippen LogP contribution in [0.4, 0.5) is 0 Å². The molecule has 3 aromatic carbocycles. The van der Waals surface area contributed by atoms with Crippen LogP contribution in [0.1, 0.15) is 22.7 Å². The van der Waals surface area contributed by atoms with Gasteiger partial charge in [-0.25, -0.2) is 3.93 Å². The molecule has 0 fully saturated rings. The number of rotatable bonds is 2. The summed E-state index contributed by atoms with van der Waals surface area (Å²) in [5.74, 6) is -0.0960. The molecule has 1 aliphatic rings. The lowest BCUT2D eigenvalue weighted by molar-refractivity contribution is 0.344. The molecule has 0 spiro atoms. The van der Waals surface area contributed by atoms with Crippen LogP contribution in [0.5, 0.6) is 11.5 Å². The van der Waals surface area contributed by atoms with Crippen LogP contribution in [0.2, 0.25) is 0 Å². The maximum absolute atomic E-state index is 9.90. The van der Waals surface area contributed by atoms with Crippen LogP contribution < -0.4 is 0 Å². The number of fused-ring (bicyclic) bond motifs is 2. The topological polar surface area (TPSA) is 43.7 Å². The Labute approximate surface area is 149 Å². The summed E-state index contributed by atoms with van der Waals surface area (Å²) in [6, 6.07) is 18.4. The van der Waals surface area contributed by atoms with E-state index in [1.54, 1.807) is 12.1 Å². The highest BCUT2D eigenvalue weighted by Crippen LogP contribution is 2.39. The van der Waals surface area contributed by atoms with Crippen LogP contribution in [0.25, 0.3) is 10.8 Å². The zero-order chi connectivity index (χ0) is 16.7. The largest absolute Gasteiger partial charge is 0.504 e. The van der Waals surface area contributed by atoms with Gasteiger partial charge in [-0.05, 0) is 52.4 Å². The summed E-state index contributed by atoms with van der Waals surface area (Å²) in [6.07, 6.45) is 1.69. The molecule has 0 unspecified atom stereocenters. The van der Waals surface area contributed by atoms with Gasteiger partial charge in [0.15, 0.2) is 11.5 Å². The maximum Gasteiger partial charge on any atom is 0.157 e. The first kappa shape index (κ1) is 15.5. The van der Waals surface area contributed by atoms with Crippen molar-refractivity contribution in [1.82, 2.24) is 3.93 Å². The van der Waals surface area contributed by atoms with E-state index in [2.05, 4.69) is 62.5 Å². The number of nitrogens with zero attached hydrogens (tertiary/aromatic N) is 1. The van der Waals surface area contributed by atoms with E-state index in [1.165, 1.54) is 16.3 Å². The third-order valence-electron chi connectivity index (χ3n) is 4.77. The third kappa shape index (κ3) is 2.76. The van der Waals surface area contributed by atoms with Gasteiger partial charge in [0.05, 0.1) is 0 Å². The van der Waals surface area contributed by atoms with Crippen LogP contribution in [0.15, 0.2) is 54.6 Å². The third-order valence-corrected chi connectivity index (χ3v) is 5.62. The number of phenols is 2. The molecule has 1 heterocycles. The molecule has 4 heteroatoms. The Balaban J connectivity index is 1.71. The van der Waals surface area contributed by atoms with Crippen molar-refractivity contribution in [2.75, 3.05) is 6.54 Å². The van der Waals surface area contributed by atoms with E-state index in [0.717, 1.165) is 30.5 Å². The first-order valence-corrected chi connectivity index (χ1v) is 8.77. The van der Waals surface area contributed by atoms with E-state index in [9.17, 15) is 10.2 Å². The Bertz CT molecular complexity index is 909. The zero-order valence-electron chi connectivity index (χ0n) is 13.1. The lowest BCUT2D eigenvalue weighted by Crippen LogP contribution is -2.29. The number of aromatic hydroxyl groups is 2. The molecule has 122 valence electrons. The van der Waals surface area contributed by atoms with Crippen molar-refractivity contribution in [3.05, 3.63) is 71.3 Å². The first-order valence-electron chi connectivity index (χ1n) is 8.06. The van der Waals surface area contributed by atoms with Crippen LogP contribution >= 0.6 is 16.1 Å². The van der Waals surface area contributed by atoms with Crippen LogP contribution in [-0.4, -0.2) is 20.7 Å². The average Bonchev–Trinajstić information content (AvgIpc) is 2.59. The summed E-state index contributed by atoms with van der Waals surface area (Å²) < 4.78 is 2.14. The molecule has 0 saturated heterocycles. The van der Waals surface area contributed by atoms with E-state index in [1.807, 2.05) is 0 Å². The Kier molecular flexibility index (Phi) is 3.94. The molecular weight excluding hydrogens is 366 g/mol. The number of hydrogen-bond acceptors (Lipinski definition) is 3. The Morgan fingerprint density at radius 1 is 0.958 bits per heavy atom. The van der Waals surface area contributed by atoms with Gasteiger partial charge in [0.1, 0.15) is 0 Å². The second-order valence-electron chi connectivity index (χ2n) is 6.31. The van der Waals surface area contributed by atoms with Crippen LogP contribution in [0, 0.1) is 0 Å². The minimum atomic E-state index is -0.0555. The molecule has 3 nitrogen and oxygen atoms in total. The predicted molar refractivity (Wildman–Crippen MR) is 99.5 cm³/mol. The quantitative estimate of drug-likeness (QED) is 0.497. The van der Waals surface area contributed by atoms with Gasteiger partial charge < -0.3 is 10.2 Å².